The van der Waals surface area contributed by atoms with Crippen LogP contribution in [0.25, 0.3) is 0 Å². The molecule has 2 N–H and O–H groups in total. The van der Waals surface area contributed by atoms with Crippen molar-refractivity contribution in [3.8, 4) is 5.75 Å². The molecule has 1 aliphatic carbocycles. The Labute approximate surface area is 125 Å². The minimum Gasteiger partial charge on any atom is -0.489 e. The van der Waals surface area contributed by atoms with Crippen LogP contribution in [-0.2, 0) is 4.74 Å². The third kappa shape index (κ3) is 3.13. The maximum atomic E-state index is 12.4. The molecule has 3 rings (SSSR count). The number of hydrogen-bond donors (Lipinski definition) is 2. The van der Waals surface area contributed by atoms with Gasteiger partial charge in [-0.25, -0.2) is 0 Å². The number of methoxy groups -OCH3 is 1. The van der Waals surface area contributed by atoms with Gasteiger partial charge in [-0.15, -0.1) is 0 Å². The summed E-state index contributed by atoms with van der Waals surface area (Å²) >= 11 is 0. The second-order valence-corrected chi connectivity index (χ2v) is 5.88. The topological polar surface area (TPSA) is 59.6 Å². The van der Waals surface area contributed by atoms with Gasteiger partial charge in [-0.05, 0) is 36.8 Å². The predicted molar refractivity (Wildman–Crippen MR) is 80.9 cm³/mol. The number of amides is 1. The van der Waals surface area contributed by atoms with Crippen LogP contribution in [0, 0.1) is 5.41 Å². The van der Waals surface area contributed by atoms with E-state index >= 15 is 0 Å². The van der Waals surface area contributed by atoms with Gasteiger partial charge in [0.1, 0.15) is 6.61 Å². The standard InChI is InChI=1S/C16H22N2O3/c1-20-9-7-16(5-6-16)11-18-15(19)12-3-2-4-13-14(12)21-10-8-17-13/h2-4,17H,5-11H2,1H3,(H,18,19). The first-order chi connectivity index (χ1) is 10.2. The largest absolute Gasteiger partial charge is 0.489 e. The highest BCUT2D eigenvalue weighted by Crippen LogP contribution is 2.48. The molecule has 0 bridgehead atoms. The minimum absolute atomic E-state index is 0.0563. The van der Waals surface area contributed by atoms with Gasteiger partial charge in [-0.2, -0.15) is 0 Å². The molecule has 0 aromatic heterocycles. The first-order valence-corrected chi connectivity index (χ1v) is 7.51. The molecule has 1 saturated carbocycles. The fraction of sp³-hybridized carbons (Fsp3) is 0.562. The number of benzene rings is 1. The summed E-state index contributed by atoms with van der Waals surface area (Å²) in [5.41, 5.74) is 1.76. The Bertz CT molecular complexity index is 526. The molecule has 5 heteroatoms. The van der Waals surface area contributed by atoms with Crippen molar-refractivity contribution in [1.29, 1.82) is 0 Å². The fourth-order valence-electron chi connectivity index (χ4n) is 2.72. The molecule has 5 nitrogen and oxygen atoms in total. The highest BCUT2D eigenvalue weighted by atomic mass is 16.5. The van der Waals surface area contributed by atoms with E-state index in [-0.39, 0.29) is 11.3 Å². The maximum absolute atomic E-state index is 12.4. The van der Waals surface area contributed by atoms with E-state index in [0.717, 1.165) is 25.3 Å². The number of carbonyl (C=O) groups excluding carboxylic acids is 1. The Morgan fingerprint density at radius 2 is 2.33 bits per heavy atom. The summed E-state index contributed by atoms with van der Waals surface area (Å²) in [7, 11) is 1.72. The van der Waals surface area contributed by atoms with Crippen molar-refractivity contribution >= 4 is 11.6 Å². The van der Waals surface area contributed by atoms with Gasteiger partial charge >= 0.3 is 0 Å². The maximum Gasteiger partial charge on any atom is 0.255 e. The molecular formula is C16H22N2O3. The number of hydrogen-bond acceptors (Lipinski definition) is 4. The monoisotopic (exact) mass is 290 g/mol. The quantitative estimate of drug-likeness (QED) is 0.841. The molecule has 1 aromatic rings. The lowest BCUT2D eigenvalue weighted by molar-refractivity contribution is 0.0934. The normalized spacial score (nSPS) is 18.1. The third-order valence-electron chi connectivity index (χ3n) is 4.34. The van der Waals surface area contributed by atoms with Gasteiger partial charge in [-0.3, -0.25) is 4.79 Å². The van der Waals surface area contributed by atoms with Crippen LogP contribution in [-0.4, -0.2) is 39.3 Å². The van der Waals surface area contributed by atoms with Gasteiger partial charge in [0.15, 0.2) is 5.75 Å². The van der Waals surface area contributed by atoms with Crippen LogP contribution in [0.4, 0.5) is 5.69 Å². The van der Waals surface area contributed by atoms with Crippen molar-refractivity contribution in [2.45, 2.75) is 19.3 Å². The molecule has 0 radical (unpaired) electrons. The van der Waals surface area contributed by atoms with Crippen molar-refractivity contribution in [2.24, 2.45) is 5.41 Å². The first-order valence-electron chi connectivity index (χ1n) is 7.51. The number of anilines is 1. The van der Waals surface area contributed by atoms with Crippen molar-refractivity contribution < 1.29 is 14.3 Å². The SMILES string of the molecule is COCCC1(CNC(=O)c2cccc3c2OCCN3)CC1. The molecule has 21 heavy (non-hydrogen) atoms. The highest BCUT2D eigenvalue weighted by Gasteiger charge is 2.42. The summed E-state index contributed by atoms with van der Waals surface area (Å²) < 4.78 is 10.8. The van der Waals surface area contributed by atoms with Crippen molar-refractivity contribution in [3.05, 3.63) is 23.8 Å². The highest BCUT2D eigenvalue weighted by molar-refractivity contribution is 5.99. The van der Waals surface area contributed by atoms with Crippen LogP contribution < -0.4 is 15.4 Å². The lowest BCUT2D eigenvalue weighted by Crippen LogP contribution is -2.32. The molecule has 1 fully saturated rings. The second-order valence-electron chi connectivity index (χ2n) is 5.88. The average Bonchev–Trinajstić information content (AvgIpc) is 3.30. The predicted octanol–water partition coefficient (Wildman–Crippen LogP) is 2.04. The number of carbonyl (C=O) groups is 1. The fourth-order valence-corrected chi connectivity index (χ4v) is 2.72. The van der Waals surface area contributed by atoms with Gasteiger partial charge in [0.25, 0.3) is 5.91 Å². The van der Waals surface area contributed by atoms with Gasteiger partial charge < -0.3 is 20.1 Å². The Hall–Kier alpha value is -1.75. The van der Waals surface area contributed by atoms with E-state index in [1.165, 1.54) is 12.8 Å². The molecule has 0 atom stereocenters. The molecule has 1 heterocycles. The first kappa shape index (κ1) is 14.2. The molecular weight excluding hydrogens is 268 g/mol. The van der Waals surface area contributed by atoms with Gasteiger partial charge in [0.2, 0.25) is 0 Å². The van der Waals surface area contributed by atoms with Crippen LogP contribution in [0.15, 0.2) is 18.2 Å². The molecule has 0 unspecified atom stereocenters. The summed E-state index contributed by atoms with van der Waals surface area (Å²) in [6.07, 6.45) is 3.35. The van der Waals surface area contributed by atoms with Crippen LogP contribution >= 0.6 is 0 Å². The van der Waals surface area contributed by atoms with Crippen molar-refractivity contribution in [3.63, 3.8) is 0 Å². The summed E-state index contributed by atoms with van der Waals surface area (Å²) in [5.74, 6) is 0.613. The number of nitrogens with one attached hydrogen (secondary N) is 2. The zero-order valence-electron chi connectivity index (χ0n) is 12.4. The van der Waals surface area contributed by atoms with E-state index in [0.29, 0.717) is 24.5 Å². The van der Waals surface area contributed by atoms with E-state index in [1.54, 1.807) is 7.11 Å². The summed E-state index contributed by atoms with van der Waals surface area (Å²) in [4.78, 5) is 12.4. The van der Waals surface area contributed by atoms with Crippen LogP contribution in [0.2, 0.25) is 0 Å². The second kappa shape index (κ2) is 5.93. The Morgan fingerprint density at radius 3 is 3.10 bits per heavy atom. The zero-order valence-corrected chi connectivity index (χ0v) is 12.4. The summed E-state index contributed by atoms with van der Waals surface area (Å²) in [6, 6.07) is 5.63. The molecule has 1 aliphatic heterocycles. The van der Waals surface area contributed by atoms with E-state index in [1.807, 2.05) is 18.2 Å². The minimum atomic E-state index is -0.0563. The van der Waals surface area contributed by atoms with Crippen molar-refractivity contribution in [1.82, 2.24) is 5.32 Å². The smallest absolute Gasteiger partial charge is 0.255 e. The molecule has 2 aliphatic rings. The number of fused-ring (bicyclic) bond motifs is 1. The van der Waals surface area contributed by atoms with Crippen LogP contribution in [0.3, 0.4) is 0 Å². The Morgan fingerprint density at radius 1 is 1.48 bits per heavy atom. The van der Waals surface area contributed by atoms with Gasteiger partial charge in [-0.1, -0.05) is 6.07 Å². The third-order valence-corrected chi connectivity index (χ3v) is 4.34. The van der Waals surface area contributed by atoms with E-state index < -0.39 is 0 Å². The number of para-hydroxylation sites is 1. The summed E-state index contributed by atoms with van der Waals surface area (Å²) in [6.45, 7) is 2.84. The molecule has 1 aromatic carbocycles. The number of rotatable bonds is 6. The molecule has 0 spiro atoms. The molecule has 0 saturated heterocycles. The average molecular weight is 290 g/mol. The van der Waals surface area contributed by atoms with Gasteiger partial charge in [0.05, 0.1) is 11.3 Å². The van der Waals surface area contributed by atoms with E-state index in [4.69, 9.17) is 9.47 Å². The molecule has 114 valence electrons. The zero-order chi connectivity index (χ0) is 14.7. The van der Waals surface area contributed by atoms with Crippen LogP contribution in [0.1, 0.15) is 29.6 Å². The van der Waals surface area contributed by atoms with E-state index in [2.05, 4.69) is 10.6 Å². The van der Waals surface area contributed by atoms with Gasteiger partial charge in [0, 0.05) is 26.8 Å². The van der Waals surface area contributed by atoms with E-state index in [9.17, 15) is 4.79 Å². The lowest BCUT2D eigenvalue weighted by Gasteiger charge is -2.22. The Balaban J connectivity index is 1.64. The summed E-state index contributed by atoms with van der Waals surface area (Å²) in [5, 5.41) is 6.31. The lowest BCUT2D eigenvalue weighted by atomic mass is 10.0. The molecule has 1 amide bonds. The number of ether oxygens (including phenoxy) is 2. The Kier molecular flexibility index (Phi) is 4.01. The van der Waals surface area contributed by atoms with Crippen molar-refractivity contribution in [2.75, 3.05) is 38.7 Å². The van der Waals surface area contributed by atoms with Crippen LogP contribution in [0.5, 0.6) is 5.75 Å².